The molecule has 6 nitrogen and oxygen atoms in total. The highest BCUT2D eigenvalue weighted by atomic mass is 32.2. The van der Waals surface area contributed by atoms with Crippen molar-refractivity contribution >= 4 is 15.9 Å². The van der Waals surface area contributed by atoms with E-state index < -0.39 is 10.0 Å². The van der Waals surface area contributed by atoms with Crippen molar-refractivity contribution in [1.82, 2.24) is 9.62 Å². The van der Waals surface area contributed by atoms with Crippen LogP contribution in [-0.4, -0.2) is 52.0 Å². The van der Waals surface area contributed by atoms with Crippen LogP contribution in [0.2, 0.25) is 0 Å². The molecule has 7 heteroatoms. The molecule has 0 saturated carbocycles. The first-order chi connectivity index (χ1) is 11.6. The van der Waals surface area contributed by atoms with Crippen LogP contribution in [-0.2, 0) is 19.6 Å². The Bertz CT molecular complexity index is 611. The third-order valence-electron chi connectivity index (χ3n) is 4.28. The summed E-state index contributed by atoms with van der Waals surface area (Å²) in [6.45, 7) is 2.12. The number of carbonyl (C=O) groups is 1. The van der Waals surface area contributed by atoms with Gasteiger partial charge in [-0.15, -0.1) is 0 Å². The second-order valence-electron chi connectivity index (χ2n) is 5.98. The molecule has 134 valence electrons. The van der Waals surface area contributed by atoms with E-state index in [9.17, 15) is 13.2 Å². The van der Waals surface area contributed by atoms with Gasteiger partial charge in [-0.25, -0.2) is 8.42 Å². The number of hydrogen-bond donors (Lipinski definition) is 1. The average molecular weight is 354 g/mol. The molecule has 1 aliphatic rings. The second-order valence-corrected chi connectivity index (χ2v) is 7.92. The molecule has 0 atom stereocenters. The Morgan fingerprint density at radius 3 is 2.50 bits per heavy atom. The predicted octanol–water partition coefficient (Wildman–Crippen LogP) is 1.63. The van der Waals surface area contributed by atoms with Crippen LogP contribution in [0.3, 0.4) is 0 Å². The molecule has 1 saturated heterocycles. The topological polar surface area (TPSA) is 75.7 Å². The zero-order valence-electron chi connectivity index (χ0n) is 14.1. The maximum Gasteiger partial charge on any atom is 0.243 e. The monoisotopic (exact) mass is 354 g/mol. The largest absolute Gasteiger partial charge is 0.385 e. The molecule has 1 heterocycles. The molecule has 0 aromatic heterocycles. The maximum absolute atomic E-state index is 12.5. The Balaban J connectivity index is 1.80. The SMILES string of the molecule is COCCCCNC(=O)C1CCN(S(=O)(=O)c2ccccc2)CC1. The Morgan fingerprint density at radius 2 is 1.88 bits per heavy atom. The number of hydrogen-bond acceptors (Lipinski definition) is 4. The lowest BCUT2D eigenvalue weighted by Crippen LogP contribution is -2.43. The minimum absolute atomic E-state index is 0.0316. The highest BCUT2D eigenvalue weighted by molar-refractivity contribution is 7.89. The highest BCUT2D eigenvalue weighted by Gasteiger charge is 2.31. The fourth-order valence-electron chi connectivity index (χ4n) is 2.83. The van der Waals surface area contributed by atoms with Gasteiger partial charge in [0.15, 0.2) is 0 Å². The van der Waals surface area contributed by atoms with E-state index in [1.165, 1.54) is 4.31 Å². The standard InChI is InChI=1S/C17H26N2O4S/c1-23-14-6-5-11-18-17(20)15-9-12-19(13-10-15)24(21,22)16-7-3-2-4-8-16/h2-4,7-8,15H,5-6,9-14H2,1H3,(H,18,20). The van der Waals surface area contributed by atoms with Crippen LogP contribution in [0, 0.1) is 5.92 Å². The Kier molecular flexibility index (Phi) is 7.20. The van der Waals surface area contributed by atoms with Crippen LogP contribution >= 0.6 is 0 Å². The van der Waals surface area contributed by atoms with Crippen molar-refractivity contribution in [3.63, 3.8) is 0 Å². The summed E-state index contributed by atoms with van der Waals surface area (Å²) in [5.74, 6) is -0.0705. The van der Waals surface area contributed by atoms with E-state index in [0.717, 1.165) is 12.8 Å². The number of piperidine rings is 1. The summed E-state index contributed by atoms with van der Waals surface area (Å²) < 4.78 is 31.5. The van der Waals surface area contributed by atoms with Gasteiger partial charge in [0.2, 0.25) is 15.9 Å². The fourth-order valence-corrected chi connectivity index (χ4v) is 4.32. The summed E-state index contributed by atoms with van der Waals surface area (Å²) in [7, 11) is -1.79. The molecule has 1 fully saturated rings. The van der Waals surface area contributed by atoms with E-state index in [1.54, 1.807) is 37.4 Å². The summed E-state index contributed by atoms with van der Waals surface area (Å²) >= 11 is 0. The highest BCUT2D eigenvalue weighted by Crippen LogP contribution is 2.23. The summed E-state index contributed by atoms with van der Waals surface area (Å²) in [4.78, 5) is 12.5. The van der Waals surface area contributed by atoms with Crippen LogP contribution in [0.4, 0.5) is 0 Å². The van der Waals surface area contributed by atoms with Crippen molar-refractivity contribution in [3.8, 4) is 0 Å². The molecule has 0 unspecified atom stereocenters. The van der Waals surface area contributed by atoms with Crippen LogP contribution in [0.5, 0.6) is 0 Å². The molecular weight excluding hydrogens is 328 g/mol. The summed E-state index contributed by atoms with van der Waals surface area (Å²) in [5.41, 5.74) is 0. The quantitative estimate of drug-likeness (QED) is 0.720. The van der Waals surface area contributed by atoms with E-state index in [4.69, 9.17) is 4.74 Å². The van der Waals surface area contributed by atoms with E-state index in [-0.39, 0.29) is 11.8 Å². The number of benzene rings is 1. The van der Waals surface area contributed by atoms with E-state index >= 15 is 0 Å². The molecule has 24 heavy (non-hydrogen) atoms. The van der Waals surface area contributed by atoms with Crippen LogP contribution in [0.25, 0.3) is 0 Å². The average Bonchev–Trinajstić information content (AvgIpc) is 2.62. The van der Waals surface area contributed by atoms with Gasteiger partial charge < -0.3 is 10.1 Å². The minimum atomic E-state index is -3.45. The number of methoxy groups -OCH3 is 1. The number of sulfonamides is 1. The van der Waals surface area contributed by atoms with Crippen molar-refractivity contribution in [3.05, 3.63) is 30.3 Å². The van der Waals surface area contributed by atoms with Crippen LogP contribution in [0.15, 0.2) is 35.2 Å². The predicted molar refractivity (Wildman–Crippen MR) is 92.0 cm³/mol. The molecule has 0 radical (unpaired) electrons. The second kappa shape index (κ2) is 9.15. The zero-order valence-corrected chi connectivity index (χ0v) is 14.9. The zero-order chi connectivity index (χ0) is 17.4. The van der Waals surface area contributed by atoms with Crippen molar-refractivity contribution in [2.45, 2.75) is 30.6 Å². The number of unbranched alkanes of at least 4 members (excludes halogenated alkanes) is 1. The third-order valence-corrected chi connectivity index (χ3v) is 6.19. The Morgan fingerprint density at radius 1 is 1.21 bits per heavy atom. The van der Waals surface area contributed by atoms with Gasteiger partial charge >= 0.3 is 0 Å². The lowest BCUT2D eigenvalue weighted by atomic mass is 9.97. The minimum Gasteiger partial charge on any atom is -0.385 e. The van der Waals surface area contributed by atoms with Gasteiger partial charge in [0.05, 0.1) is 4.90 Å². The maximum atomic E-state index is 12.5. The van der Waals surface area contributed by atoms with Gasteiger partial charge in [0.25, 0.3) is 0 Å². The number of ether oxygens (including phenoxy) is 1. The molecular formula is C17H26N2O4S. The first kappa shape index (κ1) is 18.9. The third kappa shape index (κ3) is 5.03. The van der Waals surface area contributed by atoms with Gasteiger partial charge in [-0.05, 0) is 37.8 Å². The molecule has 0 bridgehead atoms. The number of rotatable bonds is 8. The van der Waals surface area contributed by atoms with E-state index in [2.05, 4.69) is 5.32 Å². The number of nitrogens with one attached hydrogen (secondary N) is 1. The molecule has 2 rings (SSSR count). The Labute approximate surface area is 144 Å². The summed E-state index contributed by atoms with van der Waals surface area (Å²) in [6, 6.07) is 8.44. The van der Waals surface area contributed by atoms with E-state index in [1.807, 2.05) is 0 Å². The molecule has 1 aliphatic heterocycles. The molecule has 1 amide bonds. The number of amides is 1. The van der Waals surface area contributed by atoms with Gasteiger partial charge in [-0.1, -0.05) is 18.2 Å². The summed E-state index contributed by atoms with van der Waals surface area (Å²) in [6.07, 6.45) is 2.94. The lowest BCUT2D eigenvalue weighted by molar-refractivity contribution is -0.126. The normalized spacial score (nSPS) is 16.9. The summed E-state index contributed by atoms with van der Waals surface area (Å²) in [5, 5.41) is 2.93. The molecule has 0 spiro atoms. The molecule has 1 aromatic carbocycles. The van der Waals surface area contributed by atoms with Crippen molar-refractivity contribution in [2.24, 2.45) is 5.92 Å². The molecule has 0 aliphatic carbocycles. The fraction of sp³-hybridized carbons (Fsp3) is 0.588. The van der Waals surface area contributed by atoms with Crippen molar-refractivity contribution in [2.75, 3.05) is 33.4 Å². The van der Waals surface area contributed by atoms with Gasteiger partial charge in [-0.2, -0.15) is 4.31 Å². The van der Waals surface area contributed by atoms with Crippen LogP contribution in [0.1, 0.15) is 25.7 Å². The van der Waals surface area contributed by atoms with E-state index in [0.29, 0.717) is 44.0 Å². The molecule has 1 aromatic rings. The first-order valence-electron chi connectivity index (χ1n) is 8.37. The van der Waals surface area contributed by atoms with Gasteiger partial charge in [0, 0.05) is 39.3 Å². The molecule has 1 N–H and O–H groups in total. The van der Waals surface area contributed by atoms with Gasteiger partial charge in [0.1, 0.15) is 0 Å². The lowest BCUT2D eigenvalue weighted by Gasteiger charge is -2.30. The smallest absolute Gasteiger partial charge is 0.243 e. The number of carbonyl (C=O) groups excluding carboxylic acids is 1. The number of nitrogens with zero attached hydrogens (tertiary/aromatic N) is 1. The van der Waals surface area contributed by atoms with Crippen LogP contribution < -0.4 is 5.32 Å². The van der Waals surface area contributed by atoms with Gasteiger partial charge in [-0.3, -0.25) is 4.79 Å². The first-order valence-corrected chi connectivity index (χ1v) is 9.81. The van der Waals surface area contributed by atoms with Crippen molar-refractivity contribution < 1.29 is 17.9 Å². The van der Waals surface area contributed by atoms with Crippen molar-refractivity contribution in [1.29, 1.82) is 0 Å². The Hall–Kier alpha value is -1.44.